The van der Waals surface area contributed by atoms with Crippen molar-refractivity contribution >= 4 is 0 Å². The number of nitrogens with zero attached hydrogens (tertiary/aromatic N) is 1. The van der Waals surface area contributed by atoms with Crippen LogP contribution in [0.25, 0.3) is 0 Å². The van der Waals surface area contributed by atoms with Crippen LogP contribution in [0.15, 0.2) is 18.2 Å². The Morgan fingerprint density at radius 2 is 2.21 bits per heavy atom. The first kappa shape index (κ1) is 10.6. The number of rotatable bonds is 3. The summed E-state index contributed by atoms with van der Waals surface area (Å²) in [5.41, 5.74) is 1.31. The summed E-state index contributed by atoms with van der Waals surface area (Å²) in [6, 6.07) is 6.95. The highest BCUT2D eigenvalue weighted by Crippen LogP contribution is 2.28. The summed E-state index contributed by atoms with van der Waals surface area (Å²) in [4.78, 5) is 0. The van der Waals surface area contributed by atoms with Gasteiger partial charge in [-0.1, -0.05) is 13.0 Å². The summed E-state index contributed by atoms with van der Waals surface area (Å²) < 4.78 is 0. The first-order valence-corrected chi connectivity index (χ1v) is 4.55. The zero-order valence-corrected chi connectivity index (χ0v) is 8.07. The average Bonchev–Trinajstić information content (AvgIpc) is 2.22. The van der Waals surface area contributed by atoms with Crippen molar-refractivity contribution in [3.8, 4) is 11.8 Å². The summed E-state index contributed by atoms with van der Waals surface area (Å²) in [6.07, 6.45) is 0.652. The molecule has 0 spiro atoms. The van der Waals surface area contributed by atoms with Gasteiger partial charge >= 0.3 is 0 Å². The maximum Gasteiger partial charge on any atom is 0.120 e. The van der Waals surface area contributed by atoms with Crippen LogP contribution in [0.3, 0.4) is 0 Å². The van der Waals surface area contributed by atoms with Gasteiger partial charge in [-0.2, -0.15) is 5.26 Å². The Labute approximate surface area is 83.2 Å². The highest BCUT2D eigenvalue weighted by molar-refractivity contribution is 5.40. The van der Waals surface area contributed by atoms with Crippen LogP contribution in [0.4, 0.5) is 0 Å². The topological polar surface area (TPSA) is 64.2 Å². The summed E-state index contributed by atoms with van der Waals surface area (Å²) in [6.45, 7) is 1.81. The quantitative estimate of drug-likeness (QED) is 0.766. The first-order valence-electron chi connectivity index (χ1n) is 4.55. The van der Waals surface area contributed by atoms with E-state index in [9.17, 15) is 5.11 Å². The van der Waals surface area contributed by atoms with E-state index in [1.54, 1.807) is 12.1 Å². The van der Waals surface area contributed by atoms with E-state index in [0.717, 1.165) is 0 Å². The summed E-state index contributed by atoms with van der Waals surface area (Å²) >= 11 is 0. The number of aromatic hydroxyl groups is 1. The van der Waals surface area contributed by atoms with E-state index in [2.05, 4.69) is 6.07 Å². The minimum atomic E-state index is -0.304. The molecule has 0 aliphatic heterocycles. The molecule has 0 radical (unpaired) electrons. The molecule has 0 fully saturated rings. The summed E-state index contributed by atoms with van der Waals surface area (Å²) in [7, 11) is 0. The number of hydrogen-bond donors (Lipinski definition) is 2. The van der Waals surface area contributed by atoms with Crippen LogP contribution < -0.4 is 0 Å². The maximum atomic E-state index is 9.53. The predicted octanol–water partition coefficient (Wildman–Crippen LogP) is 1.90. The van der Waals surface area contributed by atoms with Crippen molar-refractivity contribution in [2.24, 2.45) is 0 Å². The molecule has 0 aliphatic carbocycles. The molecule has 0 bridgehead atoms. The van der Waals surface area contributed by atoms with Crippen molar-refractivity contribution in [2.75, 3.05) is 0 Å². The van der Waals surface area contributed by atoms with Crippen molar-refractivity contribution in [2.45, 2.75) is 25.9 Å². The number of aliphatic hydroxyl groups is 1. The Balaban J connectivity index is 3.12. The van der Waals surface area contributed by atoms with Gasteiger partial charge in [0.25, 0.3) is 0 Å². The minimum absolute atomic E-state index is 0.0743. The molecule has 1 unspecified atom stereocenters. The standard InChI is InChI=1S/C11H13NO2/c1-2-9(6-12)10-5-8(7-13)3-4-11(10)14/h3-5,9,13-14H,2,7H2,1H3. The normalized spacial score (nSPS) is 12.1. The number of hydrogen-bond acceptors (Lipinski definition) is 3. The van der Waals surface area contributed by atoms with E-state index >= 15 is 0 Å². The number of phenolic OH excluding ortho intramolecular Hbond substituents is 1. The van der Waals surface area contributed by atoms with Gasteiger partial charge < -0.3 is 10.2 Å². The second kappa shape index (κ2) is 4.64. The van der Waals surface area contributed by atoms with E-state index in [1.165, 1.54) is 6.07 Å². The molecule has 1 atom stereocenters. The van der Waals surface area contributed by atoms with Crippen molar-refractivity contribution in [3.63, 3.8) is 0 Å². The lowest BCUT2D eigenvalue weighted by Gasteiger charge is -2.09. The molecule has 14 heavy (non-hydrogen) atoms. The van der Waals surface area contributed by atoms with Crippen LogP contribution in [0.2, 0.25) is 0 Å². The Bertz CT molecular complexity index is 355. The highest BCUT2D eigenvalue weighted by atomic mass is 16.3. The second-order valence-corrected chi connectivity index (χ2v) is 3.14. The largest absolute Gasteiger partial charge is 0.508 e. The van der Waals surface area contributed by atoms with Gasteiger partial charge in [-0.15, -0.1) is 0 Å². The highest BCUT2D eigenvalue weighted by Gasteiger charge is 2.12. The fraction of sp³-hybridized carbons (Fsp3) is 0.364. The van der Waals surface area contributed by atoms with E-state index in [1.807, 2.05) is 6.92 Å². The zero-order chi connectivity index (χ0) is 10.6. The Hall–Kier alpha value is -1.53. The third kappa shape index (κ3) is 2.04. The lowest BCUT2D eigenvalue weighted by atomic mass is 9.95. The average molecular weight is 191 g/mol. The molecule has 0 saturated carbocycles. The molecule has 0 amide bonds. The molecule has 3 nitrogen and oxygen atoms in total. The summed E-state index contributed by atoms with van der Waals surface area (Å²) in [5, 5.41) is 27.3. The number of nitriles is 1. The third-order valence-corrected chi connectivity index (χ3v) is 2.21. The van der Waals surface area contributed by atoms with Crippen molar-refractivity contribution < 1.29 is 10.2 Å². The molecule has 1 aromatic rings. The molecule has 0 heterocycles. The van der Waals surface area contributed by atoms with Crippen molar-refractivity contribution in [1.82, 2.24) is 0 Å². The van der Waals surface area contributed by atoms with E-state index < -0.39 is 0 Å². The van der Waals surface area contributed by atoms with Gasteiger partial charge in [0.1, 0.15) is 5.75 Å². The van der Waals surface area contributed by atoms with Gasteiger partial charge in [-0.3, -0.25) is 0 Å². The molecule has 2 N–H and O–H groups in total. The van der Waals surface area contributed by atoms with Gasteiger partial charge in [-0.05, 0) is 24.1 Å². The van der Waals surface area contributed by atoms with Gasteiger partial charge in [0.05, 0.1) is 18.6 Å². The summed E-state index contributed by atoms with van der Waals surface area (Å²) in [5.74, 6) is -0.183. The molecular formula is C11H13NO2. The fourth-order valence-corrected chi connectivity index (χ4v) is 1.36. The van der Waals surface area contributed by atoms with Gasteiger partial charge in [0.2, 0.25) is 0 Å². The number of aliphatic hydroxyl groups excluding tert-OH is 1. The maximum absolute atomic E-state index is 9.53. The lowest BCUT2D eigenvalue weighted by Crippen LogP contribution is -1.96. The van der Waals surface area contributed by atoms with Crippen LogP contribution in [0.1, 0.15) is 30.4 Å². The molecular weight excluding hydrogens is 178 g/mol. The van der Waals surface area contributed by atoms with Crippen LogP contribution >= 0.6 is 0 Å². The van der Waals surface area contributed by atoms with E-state index in [0.29, 0.717) is 17.5 Å². The Morgan fingerprint density at radius 3 is 2.71 bits per heavy atom. The predicted molar refractivity (Wildman–Crippen MR) is 52.7 cm³/mol. The third-order valence-electron chi connectivity index (χ3n) is 2.21. The molecule has 0 saturated heterocycles. The molecule has 1 aromatic carbocycles. The van der Waals surface area contributed by atoms with Gasteiger partial charge in [0.15, 0.2) is 0 Å². The molecule has 3 heteroatoms. The van der Waals surface area contributed by atoms with Crippen LogP contribution in [0, 0.1) is 11.3 Å². The van der Waals surface area contributed by atoms with Crippen LogP contribution in [-0.4, -0.2) is 10.2 Å². The smallest absolute Gasteiger partial charge is 0.120 e. The second-order valence-electron chi connectivity index (χ2n) is 3.14. The zero-order valence-electron chi connectivity index (χ0n) is 8.07. The Morgan fingerprint density at radius 1 is 1.50 bits per heavy atom. The van der Waals surface area contributed by atoms with E-state index in [-0.39, 0.29) is 18.3 Å². The molecule has 0 aliphatic rings. The molecule has 0 aromatic heterocycles. The van der Waals surface area contributed by atoms with Gasteiger partial charge in [0, 0.05) is 5.56 Å². The van der Waals surface area contributed by atoms with E-state index in [4.69, 9.17) is 10.4 Å². The minimum Gasteiger partial charge on any atom is -0.508 e. The number of phenols is 1. The van der Waals surface area contributed by atoms with Crippen molar-refractivity contribution in [3.05, 3.63) is 29.3 Å². The van der Waals surface area contributed by atoms with Crippen LogP contribution in [0.5, 0.6) is 5.75 Å². The first-order chi connectivity index (χ1) is 6.72. The fourth-order valence-electron chi connectivity index (χ4n) is 1.36. The monoisotopic (exact) mass is 191 g/mol. The Kier molecular flexibility index (Phi) is 3.49. The molecule has 1 rings (SSSR count). The molecule has 74 valence electrons. The SMILES string of the molecule is CCC(C#N)c1cc(CO)ccc1O. The van der Waals surface area contributed by atoms with Gasteiger partial charge in [-0.25, -0.2) is 0 Å². The van der Waals surface area contributed by atoms with Crippen LogP contribution in [-0.2, 0) is 6.61 Å². The lowest BCUT2D eigenvalue weighted by molar-refractivity contribution is 0.281. The number of benzene rings is 1. The van der Waals surface area contributed by atoms with Crippen molar-refractivity contribution in [1.29, 1.82) is 5.26 Å².